The maximum atomic E-state index is 12.4. The van der Waals surface area contributed by atoms with Gasteiger partial charge in [-0.2, -0.15) is 0 Å². The summed E-state index contributed by atoms with van der Waals surface area (Å²) in [5.41, 5.74) is 6.64. The first-order chi connectivity index (χ1) is 14.0. The third kappa shape index (κ3) is 3.64. The van der Waals surface area contributed by atoms with Crippen molar-refractivity contribution in [2.24, 2.45) is 0 Å². The molecule has 4 rings (SSSR count). The average molecular weight is 393 g/mol. The molecule has 0 saturated carbocycles. The van der Waals surface area contributed by atoms with E-state index in [1.807, 2.05) is 24.3 Å². The van der Waals surface area contributed by atoms with Crippen molar-refractivity contribution in [2.75, 3.05) is 18.1 Å². The molecular formula is C21H19N3O5. The van der Waals surface area contributed by atoms with Gasteiger partial charge < -0.3 is 14.1 Å². The Labute approximate surface area is 166 Å². The second-order valence-electron chi connectivity index (χ2n) is 6.61. The lowest BCUT2D eigenvalue weighted by atomic mass is 10.1. The summed E-state index contributed by atoms with van der Waals surface area (Å²) >= 11 is 0. The SMILES string of the molecule is Cc1c(C(=O)NNC(=O)CCN2C(=O)COc3ccccc32)oc2ccccc12. The monoisotopic (exact) mass is 393 g/mol. The van der Waals surface area contributed by atoms with Gasteiger partial charge in [0.05, 0.1) is 5.69 Å². The quantitative estimate of drug-likeness (QED) is 0.663. The molecule has 3 amide bonds. The summed E-state index contributed by atoms with van der Waals surface area (Å²) in [5.74, 6) is -0.452. The number of fused-ring (bicyclic) bond motifs is 2. The molecule has 2 N–H and O–H groups in total. The Morgan fingerprint density at radius 2 is 1.83 bits per heavy atom. The zero-order valence-corrected chi connectivity index (χ0v) is 15.7. The fourth-order valence-corrected chi connectivity index (χ4v) is 3.25. The molecule has 8 nitrogen and oxygen atoms in total. The number of hydrogen-bond acceptors (Lipinski definition) is 5. The maximum absolute atomic E-state index is 12.4. The number of ether oxygens (including phenoxy) is 1. The number of aryl methyl sites for hydroxylation is 1. The van der Waals surface area contributed by atoms with Crippen molar-refractivity contribution in [3.8, 4) is 5.75 Å². The van der Waals surface area contributed by atoms with Gasteiger partial charge in [-0.3, -0.25) is 25.2 Å². The van der Waals surface area contributed by atoms with Crippen LogP contribution in [0, 0.1) is 6.92 Å². The molecular weight excluding hydrogens is 374 g/mol. The Morgan fingerprint density at radius 3 is 2.66 bits per heavy atom. The maximum Gasteiger partial charge on any atom is 0.305 e. The van der Waals surface area contributed by atoms with E-state index in [0.717, 1.165) is 5.39 Å². The summed E-state index contributed by atoms with van der Waals surface area (Å²) in [4.78, 5) is 38.2. The second-order valence-corrected chi connectivity index (χ2v) is 6.61. The van der Waals surface area contributed by atoms with E-state index >= 15 is 0 Å². The molecule has 3 aromatic rings. The van der Waals surface area contributed by atoms with Crippen LogP contribution in [0.15, 0.2) is 52.9 Å². The van der Waals surface area contributed by atoms with Gasteiger partial charge in [0.25, 0.3) is 5.91 Å². The number of hydrazine groups is 1. The van der Waals surface area contributed by atoms with E-state index in [9.17, 15) is 14.4 Å². The lowest BCUT2D eigenvalue weighted by Gasteiger charge is -2.29. The van der Waals surface area contributed by atoms with Gasteiger partial charge >= 0.3 is 5.91 Å². The van der Waals surface area contributed by atoms with Crippen molar-refractivity contribution in [3.05, 3.63) is 59.9 Å². The molecule has 1 aliphatic rings. The number of rotatable bonds is 4. The topological polar surface area (TPSA) is 101 Å². The molecule has 1 aliphatic heterocycles. The molecule has 0 saturated heterocycles. The predicted octanol–water partition coefficient (Wildman–Crippen LogP) is 2.32. The molecule has 1 aromatic heterocycles. The highest BCUT2D eigenvalue weighted by molar-refractivity contribution is 6.00. The normalized spacial score (nSPS) is 13.0. The van der Waals surface area contributed by atoms with Gasteiger partial charge in [0, 0.05) is 23.9 Å². The Kier molecular flexibility index (Phi) is 4.90. The van der Waals surface area contributed by atoms with Crippen LogP contribution in [-0.4, -0.2) is 30.9 Å². The first kappa shape index (κ1) is 18.5. The summed E-state index contributed by atoms with van der Waals surface area (Å²) < 4.78 is 10.9. The highest BCUT2D eigenvalue weighted by atomic mass is 16.5. The lowest BCUT2D eigenvalue weighted by molar-refractivity contribution is -0.122. The lowest BCUT2D eigenvalue weighted by Crippen LogP contribution is -2.45. The average Bonchev–Trinajstić information content (AvgIpc) is 3.08. The van der Waals surface area contributed by atoms with Gasteiger partial charge in [0.1, 0.15) is 11.3 Å². The highest BCUT2D eigenvalue weighted by Crippen LogP contribution is 2.31. The van der Waals surface area contributed by atoms with Crippen LogP contribution in [0.1, 0.15) is 22.5 Å². The van der Waals surface area contributed by atoms with E-state index in [-0.39, 0.29) is 31.2 Å². The molecule has 8 heteroatoms. The predicted molar refractivity (Wildman–Crippen MR) is 105 cm³/mol. The van der Waals surface area contributed by atoms with E-state index in [2.05, 4.69) is 10.9 Å². The summed E-state index contributed by atoms with van der Waals surface area (Å²) in [6.07, 6.45) is 0.0134. The summed E-state index contributed by atoms with van der Waals surface area (Å²) in [6, 6.07) is 14.5. The van der Waals surface area contributed by atoms with Crippen molar-refractivity contribution >= 4 is 34.4 Å². The smallest absolute Gasteiger partial charge is 0.305 e. The van der Waals surface area contributed by atoms with Gasteiger partial charge in [-0.25, -0.2) is 0 Å². The number of para-hydroxylation sites is 3. The van der Waals surface area contributed by atoms with Crippen LogP contribution in [0.3, 0.4) is 0 Å². The van der Waals surface area contributed by atoms with E-state index in [4.69, 9.17) is 9.15 Å². The van der Waals surface area contributed by atoms with Crippen molar-refractivity contribution < 1.29 is 23.5 Å². The van der Waals surface area contributed by atoms with Crippen LogP contribution in [0.4, 0.5) is 5.69 Å². The number of hydrogen-bond donors (Lipinski definition) is 2. The first-order valence-corrected chi connectivity index (χ1v) is 9.14. The molecule has 0 unspecified atom stereocenters. The number of furan rings is 1. The largest absolute Gasteiger partial charge is 0.482 e. The molecule has 148 valence electrons. The fraction of sp³-hybridized carbons (Fsp3) is 0.190. The number of nitrogens with one attached hydrogen (secondary N) is 2. The highest BCUT2D eigenvalue weighted by Gasteiger charge is 2.25. The van der Waals surface area contributed by atoms with Crippen LogP contribution >= 0.6 is 0 Å². The summed E-state index contributed by atoms with van der Waals surface area (Å²) in [7, 11) is 0. The molecule has 0 bridgehead atoms. The van der Waals surface area contributed by atoms with Crippen molar-refractivity contribution in [2.45, 2.75) is 13.3 Å². The molecule has 29 heavy (non-hydrogen) atoms. The Bertz CT molecular complexity index is 1100. The molecule has 2 aromatic carbocycles. The van der Waals surface area contributed by atoms with Crippen LogP contribution in [0.5, 0.6) is 5.75 Å². The number of benzene rings is 2. The number of carbonyl (C=O) groups excluding carboxylic acids is 3. The van der Waals surface area contributed by atoms with E-state index in [1.54, 1.807) is 31.2 Å². The Balaban J connectivity index is 1.35. The zero-order chi connectivity index (χ0) is 20.4. The van der Waals surface area contributed by atoms with Gasteiger partial charge in [-0.1, -0.05) is 30.3 Å². The third-order valence-electron chi connectivity index (χ3n) is 4.74. The van der Waals surface area contributed by atoms with Gasteiger partial charge in [-0.05, 0) is 25.1 Å². The Morgan fingerprint density at radius 1 is 1.07 bits per heavy atom. The number of carbonyl (C=O) groups is 3. The van der Waals surface area contributed by atoms with Gasteiger partial charge in [0.15, 0.2) is 12.4 Å². The minimum Gasteiger partial charge on any atom is -0.482 e. The van der Waals surface area contributed by atoms with E-state index < -0.39 is 11.8 Å². The summed E-state index contributed by atoms with van der Waals surface area (Å²) in [5, 5.41) is 0.841. The fourth-order valence-electron chi connectivity index (χ4n) is 3.25. The molecule has 0 aliphatic carbocycles. The van der Waals surface area contributed by atoms with E-state index in [0.29, 0.717) is 22.6 Å². The van der Waals surface area contributed by atoms with Gasteiger partial charge in [0.2, 0.25) is 5.91 Å². The van der Waals surface area contributed by atoms with Crippen LogP contribution in [0.2, 0.25) is 0 Å². The van der Waals surface area contributed by atoms with Crippen molar-refractivity contribution in [1.82, 2.24) is 10.9 Å². The molecule has 2 heterocycles. The summed E-state index contributed by atoms with van der Waals surface area (Å²) in [6.45, 7) is 1.88. The molecule has 0 radical (unpaired) electrons. The molecule has 0 atom stereocenters. The Hall–Kier alpha value is -3.81. The number of anilines is 1. The standard InChI is InChI=1S/C21H19N3O5/c1-13-14-6-2-4-8-16(14)29-20(13)21(27)23-22-18(25)10-11-24-15-7-3-5-9-17(15)28-12-19(24)26/h2-9H,10-12H2,1H3,(H,22,25)(H,23,27). The first-order valence-electron chi connectivity index (χ1n) is 9.14. The second kappa shape index (κ2) is 7.67. The number of nitrogens with zero attached hydrogens (tertiary/aromatic N) is 1. The minimum atomic E-state index is -0.542. The van der Waals surface area contributed by atoms with E-state index in [1.165, 1.54) is 4.90 Å². The van der Waals surface area contributed by atoms with Crippen LogP contribution < -0.4 is 20.5 Å². The van der Waals surface area contributed by atoms with Crippen molar-refractivity contribution in [1.29, 1.82) is 0 Å². The minimum absolute atomic E-state index is 0.0134. The third-order valence-corrected chi connectivity index (χ3v) is 4.74. The van der Waals surface area contributed by atoms with Crippen LogP contribution in [-0.2, 0) is 9.59 Å². The van der Waals surface area contributed by atoms with Crippen molar-refractivity contribution in [3.63, 3.8) is 0 Å². The number of amides is 3. The molecule has 0 fully saturated rings. The zero-order valence-electron chi connectivity index (χ0n) is 15.7. The van der Waals surface area contributed by atoms with Gasteiger partial charge in [-0.15, -0.1) is 0 Å². The molecule has 0 spiro atoms. The van der Waals surface area contributed by atoms with Crippen LogP contribution in [0.25, 0.3) is 11.0 Å².